The molecule has 0 rings (SSSR count). The first kappa shape index (κ1) is 15.1. The SMILES string of the molecule is COCCNC(=NCCCS(N)(=O)=O)NN. The lowest BCUT2D eigenvalue weighted by Crippen LogP contribution is -2.43. The zero-order valence-corrected chi connectivity index (χ0v) is 10.1. The summed E-state index contributed by atoms with van der Waals surface area (Å²) in [7, 11) is -1.83. The van der Waals surface area contributed by atoms with Crippen LogP contribution in [0.5, 0.6) is 0 Å². The molecule has 0 saturated carbocycles. The van der Waals surface area contributed by atoms with Crippen LogP contribution < -0.4 is 21.7 Å². The second-order valence-corrected chi connectivity index (χ2v) is 4.75. The monoisotopic (exact) mass is 253 g/mol. The molecule has 0 aromatic rings. The molecule has 0 amide bonds. The summed E-state index contributed by atoms with van der Waals surface area (Å²) in [5, 5.41) is 7.71. The molecule has 0 aromatic heterocycles. The molecular formula is C7H19N5O3S. The van der Waals surface area contributed by atoms with Crippen molar-refractivity contribution in [1.82, 2.24) is 10.7 Å². The maximum Gasteiger partial charge on any atom is 0.209 e. The van der Waals surface area contributed by atoms with Crippen molar-refractivity contribution in [3.05, 3.63) is 0 Å². The van der Waals surface area contributed by atoms with Crippen LogP contribution in [0, 0.1) is 0 Å². The van der Waals surface area contributed by atoms with Gasteiger partial charge in [-0.05, 0) is 6.42 Å². The number of ether oxygens (including phenoxy) is 1. The molecule has 0 aromatic carbocycles. The van der Waals surface area contributed by atoms with E-state index >= 15 is 0 Å². The summed E-state index contributed by atoms with van der Waals surface area (Å²) in [6.45, 7) is 1.42. The minimum Gasteiger partial charge on any atom is -0.383 e. The number of primary sulfonamides is 1. The van der Waals surface area contributed by atoms with E-state index in [1.165, 1.54) is 0 Å². The maximum atomic E-state index is 10.6. The molecule has 0 fully saturated rings. The molecular weight excluding hydrogens is 234 g/mol. The Balaban J connectivity index is 3.80. The molecule has 0 aliphatic carbocycles. The van der Waals surface area contributed by atoms with Gasteiger partial charge in [0.25, 0.3) is 0 Å². The minimum absolute atomic E-state index is 0.0909. The molecule has 0 bridgehead atoms. The summed E-state index contributed by atoms with van der Waals surface area (Å²) in [6, 6.07) is 0. The van der Waals surface area contributed by atoms with Gasteiger partial charge >= 0.3 is 0 Å². The van der Waals surface area contributed by atoms with E-state index in [4.69, 9.17) is 15.7 Å². The lowest BCUT2D eigenvalue weighted by molar-refractivity contribution is 0.203. The number of hydrogen-bond acceptors (Lipinski definition) is 5. The van der Waals surface area contributed by atoms with E-state index in [9.17, 15) is 8.42 Å². The molecule has 0 saturated heterocycles. The minimum atomic E-state index is -3.41. The summed E-state index contributed by atoms with van der Waals surface area (Å²) >= 11 is 0. The largest absolute Gasteiger partial charge is 0.383 e. The molecule has 0 aliphatic rings. The average molecular weight is 253 g/mol. The number of nitrogens with zero attached hydrogens (tertiary/aromatic N) is 1. The van der Waals surface area contributed by atoms with Gasteiger partial charge in [0.05, 0.1) is 12.4 Å². The molecule has 0 unspecified atom stereocenters. The van der Waals surface area contributed by atoms with Crippen molar-refractivity contribution in [2.75, 3.05) is 32.6 Å². The fourth-order valence-corrected chi connectivity index (χ4v) is 1.41. The van der Waals surface area contributed by atoms with E-state index in [1.54, 1.807) is 7.11 Å². The third kappa shape index (κ3) is 9.65. The zero-order chi connectivity index (χ0) is 12.4. The Morgan fingerprint density at radius 2 is 2.19 bits per heavy atom. The highest BCUT2D eigenvalue weighted by Crippen LogP contribution is 1.86. The third-order valence-electron chi connectivity index (χ3n) is 1.59. The van der Waals surface area contributed by atoms with Gasteiger partial charge in [0, 0.05) is 20.2 Å². The molecule has 16 heavy (non-hydrogen) atoms. The molecule has 8 nitrogen and oxygen atoms in total. The lowest BCUT2D eigenvalue weighted by atomic mass is 10.5. The van der Waals surface area contributed by atoms with Crippen molar-refractivity contribution in [3.63, 3.8) is 0 Å². The summed E-state index contributed by atoms with van der Waals surface area (Å²) in [6.07, 6.45) is 0.357. The van der Waals surface area contributed by atoms with Crippen LogP contribution in [-0.4, -0.2) is 46.9 Å². The molecule has 0 radical (unpaired) electrons. The standard InChI is InChI=1S/C7H19N5O3S/c1-15-5-4-11-7(12-8)10-3-2-6-16(9,13)14/h2-6,8H2,1H3,(H2,9,13,14)(H2,10,11,12). The Bertz CT molecular complexity index is 303. The third-order valence-corrected chi connectivity index (χ3v) is 2.45. The molecule has 96 valence electrons. The quantitative estimate of drug-likeness (QED) is 0.133. The van der Waals surface area contributed by atoms with Gasteiger partial charge in [-0.2, -0.15) is 0 Å². The second kappa shape index (κ2) is 8.28. The molecule has 0 atom stereocenters. The van der Waals surface area contributed by atoms with Gasteiger partial charge in [-0.3, -0.25) is 10.4 Å². The summed E-state index contributed by atoms with van der Waals surface area (Å²) in [4.78, 5) is 4.01. The number of sulfonamides is 1. The fraction of sp³-hybridized carbons (Fsp3) is 0.857. The lowest BCUT2D eigenvalue weighted by Gasteiger charge is -2.08. The Kier molecular flexibility index (Phi) is 7.81. The number of hydrogen-bond donors (Lipinski definition) is 4. The highest BCUT2D eigenvalue weighted by atomic mass is 32.2. The molecule has 0 heterocycles. The highest BCUT2D eigenvalue weighted by Gasteiger charge is 2.01. The van der Waals surface area contributed by atoms with Gasteiger partial charge in [0.15, 0.2) is 0 Å². The van der Waals surface area contributed by atoms with Crippen LogP contribution in [0.3, 0.4) is 0 Å². The Morgan fingerprint density at radius 3 is 2.69 bits per heavy atom. The van der Waals surface area contributed by atoms with Crippen molar-refractivity contribution in [3.8, 4) is 0 Å². The van der Waals surface area contributed by atoms with E-state index in [2.05, 4.69) is 15.7 Å². The van der Waals surface area contributed by atoms with Gasteiger partial charge < -0.3 is 10.1 Å². The van der Waals surface area contributed by atoms with Crippen LogP contribution in [0.2, 0.25) is 0 Å². The van der Waals surface area contributed by atoms with E-state index in [-0.39, 0.29) is 5.75 Å². The van der Waals surface area contributed by atoms with Crippen LogP contribution in [0.4, 0.5) is 0 Å². The van der Waals surface area contributed by atoms with Crippen LogP contribution in [0.25, 0.3) is 0 Å². The number of rotatable bonds is 7. The number of aliphatic imine (C=N–C) groups is 1. The summed E-state index contributed by atoms with van der Waals surface area (Å²) in [5.41, 5.74) is 2.36. The Morgan fingerprint density at radius 1 is 1.50 bits per heavy atom. The first-order valence-electron chi connectivity index (χ1n) is 4.74. The maximum absolute atomic E-state index is 10.6. The van der Waals surface area contributed by atoms with E-state index in [0.717, 1.165) is 0 Å². The van der Waals surface area contributed by atoms with Crippen LogP contribution >= 0.6 is 0 Å². The van der Waals surface area contributed by atoms with Crippen molar-refractivity contribution >= 4 is 16.0 Å². The first-order chi connectivity index (χ1) is 7.49. The Labute approximate surface area is 95.4 Å². The Hall–Kier alpha value is -0.900. The predicted octanol–water partition coefficient (Wildman–Crippen LogP) is -2.28. The normalized spacial score (nSPS) is 12.6. The number of guanidine groups is 1. The highest BCUT2D eigenvalue weighted by molar-refractivity contribution is 7.89. The average Bonchev–Trinajstić information content (AvgIpc) is 2.20. The van der Waals surface area contributed by atoms with Crippen molar-refractivity contribution in [2.24, 2.45) is 16.0 Å². The summed E-state index contributed by atoms with van der Waals surface area (Å²) < 4.78 is 26.1. The number of nitrogens with one attached hydrogen (secondary N) is 2. The van der Waals surface area contributed by atoms with Crippen molar-refractivity contribution in [1.29, 1.82) is 0 Å². The topological polar surface area (TPSA) is 132 Å². The molecule has 6 N–H and O–H groups in total. The predicted molar refractivity (Wildman–Crippen MR) is 62.1 cm³/mol. The van der Waals surface area contributed by atoms with Crippen LogP contribution in [-0.2, 0) is 14.8 Å². The van der Waals surface area contributed by atoms with Gasteiger partial charge in [-0.25, -0.2) is 19.4 Å². The van der Waals surface area contributed by atoms with E-state index in [1.807, 2.05) is 0 Å². The van der Waals surface area contributed by atoms with Crippen LogP contribution in [0.15, 0.2) is 4.99 Å². The molecule has 0 spiro atoms. The molecule has 9 heteroatoms. The van der Waals surface area contributed by atoms with Crippen molar-refractivity contribution < 1.29 is 13.2 Å². The fourth-order valence-electron chi connectivity index (χ4n) is 0.881. The summed E-state index contributed by atoms with van der Waals surface area (Å²) in [5.74, 6) is 5.50. The number of hydrazine groups is 1. The van der Waals surface area contributed by atoms with E-state index < -0.39 is 10.0 Å². The second-order valence-electron chi connectivity index (χ2n) is 3.01. The van der Waals surface area contributed by atoms with Gasteiger partial charge in [-0.15, -0.1) is 0 Å². The first-order valence-corrected chi connectivity index (χ1v) is 6.45. The van der Waals surface area contributed by atoms with Gasteiger partial charge in [-0.1, -0.05) is 0 Å². The number of nitrogens with two attached hydrogens (primary N) is 2. The van der Waals surface area contributed by atoms with Crippen molar-refractivity contribution in [2.45, 2.75) is 6.42 Å². The van der Waals surface area contributed by atoms with Gasteiger partial charge in [0.1, 0.15) is 0 Å². The van der Waals surface area contributed by atoms with Gasteiger partial charge in [0.2, 0.25) is 16.0 Å². The van der Waals surface area contributed by atoms with E-state index in [0.29, 0.717) is 32.1 Å². The number of methoxy groups -OCH3 is 1. The van der Waals surface area contributed by atoms with Crippen LogP contribution in [0.1, 0.15) is 6.42 Å². The molecule has 0 aliphatic heterocycles. The smallest absolute Gasteiger partial charge is 0.209 e. The zero-order valence-electron chi connectivity index (χ0n) is 9.27.